The van der Waals surface area contributed by atoms with E-state index in [0.717, 1.165) is 11.3 Å². The van der Waals surface area contributed by atoms with Crippen LogP contribution in [0.3, 0.4) is 0 Å². The standard InChI is InChI=1S/C15H18FNO2/c1-11-5-6-14(16)15(8-11)19-12(2)9-17-10-13-4-3-7-18-13/h3-8,12,17H,9-10H2,1-2H3. The van der Waals surface area contributed by atoms with Crippen LogP contribution < -0.4 is 10.1 Å². The number of ether oxygens (including phenoxy) is 1. The number of aryl methyl sites for hydroxylation is 1. The van der Waals surface area contributed by atoms with Gasteiger partial charge in [-0.05, 0) is 43.7 Å². The van der Waals surface area contributed by atoms with Gasteiger partial charge in [0.15, 0.2) is 11.6 Å². The summed E-state index contributed by atoms with van der Waals surface area (Å²) < 4.78 is 24.3. The van der Waals surface area contributed by atoms with Gasteiger partial charge in [-0.25, -0.2) is 4.39 Å². The molecule has 1 aromatic heterocycles. The molecular formula is C15H18FNO2. The molecule has 19 heavy (non-hydrogen) atoms. The average Bonchev–Trinajstić information content (AvgIpc) is 2.87. The fourth-order valence-corrected chi connectivity index (χ4v) is 1.77. The van der Waals surface area contributed by atoms with E-state index in [1.165, 1.54) is 6.07 Å². The van der Waals surface area contributed by atoms with Crippen molar-refractivity contribution in [1.29, 1.82) is 0 Å². The van der Waals surface area contributed by atoms with Crippen molar-refractivity contribution in [2.75, 3.05) is 6.54 Å². The summed E-state index contributed by atoms with van der Waals surface area (Å²) in [6.45, 7) is 5.06. The zero-order valence-electron chi connectivity index (χ0n) is 11.2. The van der Waals surface area contributed by atoms with Gasteiger partial charge in [-0.15, -0.1) is 0 Å². The van der Waals surface area contributed by atoms with Gasteiger partial charge in [-0.2, -0.15) is 0 Å². The molecule has 102 valence electrons. The second kappa shape index (κ2) is 6.38. The molecule has 0 spiro atoms. The van der Waals surface area contributed by atoms with Crippen LogP contribution in [0.15, 0.2) is 41.0 Å². The Morgan fingerprint density at radius 1 is 1.37 bits per heavy atom. The molecule has 0 saturated heterocycles. The predicted octanol–water partition coefficient (Wildman–Crippen LogP) is 3.28. The maximum atomic E-state index is 13.5. The topological polar surface area (TPSA) is 34.4 Å². The lowest BCUT2D eigenvalue weighted by atomic mass is 10.2. The SMILES string of the molecule is Cc1ccc(F)c(OC(C)CNCc2ccco2)c1. The Hall–Kier alpha value is -1.81. The molecule has 1 aromatic carbocycles. The minimum Gasteiger partial charge on any atom is -0.486 e. The van der Waals surface area contributed by atoms with E-state index >= 15 is 0 Å². The summed E-state index contributed by atoms with van der Waals surface area (Å²) in [5, 5.41) is 3.20. The zero-order chi connectivity index (χ0) is 13.7. The summed E-state index contributed by atoms with van der Waals surface area (Å²) in [5.74, 6) is 0.838. The van der Waals surface area contributed by atoms with Gasteiger partial charge in [0, 0.05) is 6.54 Å². The van der Waals surface area contributed by atoms with Gasteiger partial charge >= 0.3 is 0 Å². The predicted molar refractivity (Wildman–Crippen MR) is 71.6 cm³/mol. The maximum absolute atomic E-state index is 13.5. The normalized spacial score (nSPS) is 12.4. The van der Waals surface area contributed by atoms with Crippen molar-refractivity contribution in [1.82, 2.24) is 5.32 Å². The van der Waals surface area contributed by atoms with Crippen molar-refractivity contribution >= 4 is 0 Å². The van der Waals surface area contributed by atoms with Gasteiger partial charge in [0.1, 0.15) is 11.9 Å². The van der Waals surface area contributed by atoms with Crippen LogP contribution in [0.4, 0.5) is 4.39 Å². The van der Waals surface area contributed by atoms with Crippen molar-refractivity contribution in [3.8, 4) is 5.75 Å². The summed E-state index contributed by atoms with van der Waals surface area (Å²) in [5.41, 5.74) is 0.979. The van der Waals surface area contributed by atoms with Crippen LogP contribution in [0.2, 0.25) is 0 Å². The molecule has 1 atom stereocenters. The molecule has 0 fully saturated rings. The molecule has 2 aromatic rings. The minimum atomic E-state index is -0.330. The van der Waals surface area contributed by atoms with Crippen LogP contribution in [0, 0.1) is 12.7 Å². The fraction of sp³-hybridized carbons (Fsp3) is 0.333. The summed E-state index contributed by atoms with van der Waals surface area (Å²) >= 11 is 0. The van der Waals surface area contributed by atoms with Gasteiger partial charge in [-0.1, -0.05) is 6.07 Å². The fourth-order valence-electron chi connectivity index (χ4n) is 1.77. The van der Waals surface area contributed by atoms with E-state index in [1.54, 1.807) is 18.4 Å². The highest BCUT2D eigenvalue weighted by molar-refractivity contribution is 5.29. The summed E-state index contributed by atoms with van der Waals surface area (Å²) in [4.78, 5) is 0. The molecule has 0 aliphatic carbocycles. The molecule has 0 amide bonds. The number of hydrogen-bond donors (Lipinski definition) is 1. The Bertz CT molecular complexity index is 511. The Labute approximate surface area is 112 Å². The van der Waals surface area contributed by atoms with Crippen LogP contribution in [-0.2, 0) is 6.54 Å². The zero-order valence-corrected chi connectivity index (χ0v) is 11.2. The van der Waals surface area contributed by atoms with Crippen molar-refractivity contribution in [2.45, 2.75) is 26.5 Å². The number of furan rings is 1. The number of rotatable bonds is 6. The molecule has 1 heterocycles. The highest BCUT2D eigenvalue weighted by Crippen LogP contribution is 2.19. The minimum absolute atomic E-state index is 0.119. The number of halogens is 1. The molecular weight excluding hydrogens is 245 g/mol. The van der Waals surface area contributed by atoms with E-state index in [9.17, 15) is 4.39 Å². The van der Waals surface area contributed by atoms with Gasteiger partial charge in [-0.3, -0.25) is 0 Å². The van der Waals surface area contributed by atoms with Crippen LogP contribution >= 0.6 is 0 Å². The summed E-state index contributed by atoms with van der Waals surface area (Å²) in [7, 11) is 0. The monoisotopic (exact) mass is 263 g/mol. The summed E-state index contributed by atoms with van der Waals surface area (Å²) in [6.07, 6.45) is 1.52. The van der Waals surface area contributed by atoms with E-state index < -0.39 is 0 Å². The van der Waals surface area contributed by atoms with Crippen LogP contribution in [0.1, 0.15) is 18.2 Å². The lowest BCUT2D eigenvalue weighted by molar-refractivity contribution is 0.206. The second-order valence-electron chi connectivity index (χ2n) is 4.57. The summed E-state index contributed by atoms with van der Waals surface area (Å²) in [6, 6.07) is 8.60. The Morgan fingerprint density at radius 3 is 2.95 bits per heavy atom. The van der Waals surface area contributed by atoms with Crippen molar-refractivity contribution in [3.63, 3.8) is 0 Å². The quantitative estimate of drug-likeness (QED) is 0.868. The first-order valence-corrected chi connectivity index (χ1v) is 6.31. The first-order chi connectivity index (χ1) is 9.15. The molecule has 1 N–H and O–H groups in total. The molecule has 0 aliphatic heterocycles. The third-order valence-electron chi connectivity index (χ3n) is 2.73. The van der Waals surface area contributed by atoms with E-state index in [1.807, 2.05) is 26.0 Å². The van der Waals surface area contributed by atoms with Crippen molar-refractivity contribution < 1.29 is 13.5 Å². The Morgan fingerprint density at radius 2 is 2.21 bits per heavy atom. The third kappa shape index (κ3) is 4.10. The number of nitrogens with one attached hydrogen (secondary N) is 1. The van der Waals surface area contributed by atoms with E-state index in [2.05, 4.69) is 5.32 Å². The van der Waals surface area contributed by atoms with E-state index in [4.69, 9.17) is 9.15 Å². The molecule has 3 nitrogen and oxygen atoms in total. The van der Waals surface area contributed by atoms with Crippen LogP contribution in [0.5, 0.6) is 5.75 Å². The smallest absolute Gasteiger partial charge is 0.165 e. The van der Waals surface area contributed by atoms with Crippen molar-refractivity contribution in [3.05, 3.63) is 53.7 Å². The maximum Gasteiger partial charge on any atom is 0.165 e. The van der Waals surface area contributed by atoms with E-state index in [0.29, 0.717) is 18.8 Å². The third-order valence-corrected chi connectivity index (χ3v) is 2.73. The van der Waals surface area contributed by atoms with Gasteiger partial charge in [0.25, 0.3) is 0 Å². The highest BCUT2D eigenvalue weighted by Gasteiger charge is 2.08. The molecule has 1 unspecified atom stereocenters. The molecule has 2 rings (SSSR count). The van der Waals surface area contributed by atoms with Crippen LogP contribution in [-0.4, -0.2) is 12.6 Å². The second-order valence-corrected chi connectivity index (χ2v) is 4.57. The van der Waals surface area contributed by atoms with E-state index in [-0.39, 0.29) is 11.9 Å². The molecule has 0 bridgehead atoms. The molecule has 0 aliphatic rings. The highest BCUT2D eigenvalue weighted by atomic mass is 19.1. The van der Waals surface area contributed by atoms with Gasteiger partial charge in [0.2, 0.25) is 0 Å². The average molecular weight is 263 g/mol. The number of benzene rings is 1. The Balaban J connectivity index is 1.80. The van der Waals surface area contributed by atoms with Gasteiger partial charge < -0.3 is 14.5 Å². The van der Waals surface area contributed by atoms with Crippen LogP contribution in [0.25, 0.3) is 0 Å². The molecule has 0 radical (unpaired) electrons. The molecule has 4 heteroatoms. The first kappa shape index (κ1) is 13.6. The lowest BCUT2D eigenvalue weighted by Gasteiger charge is -2.16. The number of hydrogen-bond acceptors (Lipinski definition) is 3. The van der Waals surface area contributed by atoms with Gasteiger partial charge in [0.05, 0.1) is 12.8 Å². The Kier molecular flexibility index (Phi) is 4.58. The lowest BCUT2D eigenvalue weighted by Crippen LogP contribution is -2.28. The van der Waals surface area contributed by atoms with Crippen molar-refractivity contribution in [2.24, 2.45) is 0 Å². The molecule has 0 saturated carbocycles. The first-order valence-electron chi connectivity index (χ1n) is 6.31. The largest absolute Gasteiger partial charge is 0.486 e.